The minimum absolute atomic E-state index is 0.943. The van der Waals surface area contributed by atoms with Crippen molar-refractivity contribution >= 4 is 0 Å². The molecule has 0 aliphatic rings. The fraction of sp³-hybridized carbons (Fsp3) is 0.375. The van der Waals surface area contributed by atoms with Crippen LogP contribution >= 0.6 is 0 Å². The SMILES string of the molecule is C#C[CH]C#CCCC. The lowest BCUT2D eigenvalue weighted by atomic mass is 10.3. The molecule has 0 spiro atoms. The summed E-state index contributed by atoms with van der Waals surface area (Å²) >= 11 is 0. The lowest BCUT2D eigenvalue weighted by molar-refractivity contribution is 0.983. The molecule has 1 radical (unpaired) electrons. The average molecular weight is 105 g/mol. The van der Waals surface area contributed by atoms with Gasteiger partial charge in [0.05, 0.1) is 0 Å². The third-order valence-electron chi connectivity index (χ3n) is 0.633. The van der Waals surface area contributed by atoms with Crippen molar-refractivity contribution in [1.29, 1.82) is 0 Å². The topological polar surface area (TPSA) is 0 Å². The number of hydrogen-bond donors (Lipinski definition) is 0. The highest BCUT2D eigenvalue weighted by Gasteiger charge is 1.67. The Balaban J connectivity index is 3.11. The number of terminal acetylenes is 1. The first-order valence-corrected chi connectivity index (χ1v) is 2.68. The maximum absolute atomic E-state index is 4.90. The van der Waals surface area contributed by atoms with Crippen LogP contribution in [-0.4, -0.2) is 0 Å². The Morgan fingerprint density at radius 3 is 2.88 bits per heavy atom. The van der Waals surface area contributed by atoms with Crippen molar-refractivity contribution in [2.24, 2.45) is 0 Å². The summed E-state index contributed by atoms with van der Waals surface area (Å²) in [6, 6.07) is 0. The van der Waals surface area contributed by atoms with Crippen LogP contribution in [0.5, 0.6) is 0 Å². The minimum Gasteiger partial charge on any atom is -0.119 e. The van der Waals surface area contributed by atoms with Crippen LogP contribution in [0.2, 0.25) is 0 Å². The maximum atomic E-state index is 4.90. The van der Waals surface area contributed by atoms with Crippen LogP contribution in [0, 0.1) is 30.6 Å². The molecular formula is C8H9. The highest BCUT2D eigenvalue weighted by atomic mass is 13.7. The Labute approximate surface area is 51.3 Å². The lowest BCUT2D eigenvalue weighted by Gasteiger charge is -1.73. The summed E-state index contributed by atoms with van der Waals surface area (Å²) in [6.45, 7) is 2.09. The quantitative estimate of drug-likeness (QED) is 0.444. The van der Waals surface area contributed by atoms with Crippen LogP contribution in [0.3, 0.4) is 0 Å². The standard InChI is InChI=1S/C8H9/c1-3-5-7-8-6-4-2/h1,5H,4,6H2,2H3. The van der Waals surface area contributed by atoms with Gasteiger partial charge in [0.15, 0.2) is 0 Å². The molecular weight excluding hydrogens is 96.1 g/mol. The van der Waals surface area contributed by atoms with Gasteiger partial charge in [-0.25, -0.2) is 0 Å². The average Bonchev–Trinajstić information content (AvgIpc) is 1.81. The van der Waals surface area contributed by atoms with E-state index < -0.39 is 0 Å². The Hall–Kier alpha value is -0.880. The van der Waals surface area contributed by atoms with Crippen molar-refractivity contribution in [3.8, 4) is 24.2 Å². The van der Waals surface area contributed by atoms with E-state index in [-0.39, 0.29) is 0 Å². The van der Waals surface area contributed by atoms with Gasteiger partial charge in [-0.15, -0.1) is 12.3 Å². The summed E-state index contributed by atoms with van der Waals surface area (Å²) < 4.78 is 0. The van der Waals surface area contributed by atoms with Crippen molar-refractivity contribution in [1.82, 2.24) is 0 Å². The Morgan fingerprint density at radius 2 is 2.38 bits per heavy atom. The molecule has 8 heavy (non-hydrogen) atoms. The molecule has 0 aromatic heterocycles. The largest absolute Gasteiger partial charge is 0.119 e. The molecule has 0 amide bonds. The Kier molecular flexibility index (Phi) is 5.45. The summed E-state index contributed by atoms with van der Waals surface area (Å²) in [7, 11) is 0. The van der Waals surface area contributed by atoms with Gasteiger partial charge in [-0.1, -0.05) is 18.8 Å². The lowest BCUT2D eigenvalue weighted by Crippen LogP contribution is -1.62. The van der Waals surface area contributed by atoms with Crippen molar-refractivity contribution in [2.75, 3.05) is 0 Å². The first-order chi connectivity index (χ1) is 3.91. The predicted molar refractivity (Wildman–Crippen MR) is 35.8 cm³/mol. The van der Waals surface area contributed by atoms with Crippen molar-refractivity contribution in [3.63, 3.8) is 0 Å². The fourth-order valence-electron chi connectivity index (χ4n) is 0.290. The molecule has 0 fully saturated rings. The second-order valence-electron chi connectivity index (χ2n) is 1.38. The Morgan fingerprint density at radius 1 is 1.62 bits per heavy atom. The highest BCUT2D eigenvalue weighted by molar-refractivity contribution is 5.22. The van der Waals surface area contributed by atoms with Gasteiger partial charge >= 0.3 is 0 Å². The molecule has 0 nitrogen and oxygen atoms in total. The third kappa shape index (κ3) is 5.12. The molecule has 0 bridgehead atoms. The predicted octanol–water partition coefficient (Wildman–Crippen LogP) is 1.63. The third-order valence-corrected chi connectivity index (χ3v) is 0.633. The minimum atomic E-state index is 0.943. The monoisotopic (exact) mass is 105 g/mol. The molecule has 0 unspecified atom stereocenters. The molecule has 0 heterocycles. The Bertz CT molecular complexity index is 126. The molecule has 0 saturated carbocycles. The van der Waals surface area contributed by atoms with Gasteiger partial charge in [-0.3, -0.25) is 0 Å². The zero-order valence-corrected chi connectivity index (χ0v) is 5.07. The second kappa shape index (κ2) is 6.12. The molecule has 0 N–H and O–H groups in total. The molecule has 0 heteroatoms. The van der Waals surface area contributed by atoms with Crippen molar-refractivity contribution < 1.29 is 0 Å². The summed E-state index contributed by atoms with van der Waals surface area (Å²) in [5, 5.41) is 0. The van der Waals surface area contributed by atoms with E-state index in [2.05, 4.69) is 24.7 Å². The van der Waals surface area contributed by atoms with Crippen molar-refractivity contribution in [2.45, 2.75) is 19.8 Å². The number of rotatable bonds is 1. The number of unbranched alkanes of at least 4 members (excludes halogenated alkanes) is 1. The maximum Gasteiger partial charge on any atom is 0.106 e. The van der Waals surface area contributed by atoms with E-state index in [0.29, 0.717) is 0 Å². The first-order valence-electron chi connectivity index (χ1n) is 2.68. The van der Waals surface area contributed by atoms with E-state index in [1.54, 1.807) is 0 Å². The molecule has 0 aromatic carbocycles. The summed E-state index contributed by atoms with van der Waals surface area (Å²) in [4.78, 5) is 0. The van der Waals surface area contributed by atoms with Crippen LogP contribution in [0.25, 0.3) is 0 Å². The molecule has 0 aliphatic heterocycles. The van der Waals surface area contributed by atoms with Crippen LogP contribution in [-0.2, 0) is 0 Å². The second-order valence-corrected chi connectivity index (χ2v) is 1.38. The molecule has 0 atom stereocenters. The van der Waals surface area contributed by atoms with Gasteiger partial charge in [-0.05, 0) is 6.42 Å². The van der Waals surface area contributed by atoms with Gasteiger partial charge in [0.1, 0.15) is 6.42 Å². The molecule has 0 aromatic rings. The van der Waals surface area contributed by atoms with Gasteiger partial charge < -0.3 is 0 Å². The van der Waals surface area contributed by atoms with E-state index >= 15 is 0 Å². The van der Waals surface area contributed by atoms with Crippen molar-refractivity contribution in [3.05, 3.63) is 6.42 Å². The van der Waals surface area contributed by atoms with Crippen LogP contribution in [0.4, 0.5) is 0 Å². The smallest absolute Gasteiger partial charge is 0.106 e. The van der Waals surface area contributed by atoms with E-state index in [9.17, 15) is 0 Å². The van der Waals surface area contributed by atoms with Gasteiger partial charge in [0, 0.05) is 6.42 Å². The van der Waals surface area contributed by atoms with Gasteiger partial charge in [0.25, 0.3) is 0 Å². The summed E-state index contributed by atoms with van der Waals surface area (Å²) in [5.74, 6) is 7.94. The molecule has 41 valence electrons. The van der Waals surface area contributed by atoms with E-state index in [1.807, 2.05) is 0 Å². The normalized spacial score (nSPS) is 6.50. The van der Waals surface area contributed by atoms with E-state index in [4.69, 9.17) is 6.42 Å². The fourth-order valence-corrected chi connectivity index (χ4v) is 0.290. The van der Waals surface area contributed by atoms with E-state index in [1.165, 1.54) is 6.42 Å². The van der Waals surface area contributed by atoms with Gasteiger partial charge in [-0.2, -0.15) is 0 Å². The number of hydrogen-bond acceptors (Lipinski definition) is 0. The van der Waals surface area contributed by atoms with Crippen LogP contribution < -0.4 is 0 Å². The van der Waals surface area contributed by atoms with Crippen LogP contribution in [0.1, 0.15) is 19.8 Å². The first kappa shape index (κ1) is 7.12. The summed E-state index contributed by atoms with van der Waals surface area (Å²) in [5.41, 5.74) is 0. The van der Waals surface area contributed by atoms with Crippen LogP contribution in [0.15, 0.2) is 0 Å². The zero-order valence-electron chi connectivity index (χ0n) is 5.07. The van der Waals surface area contributed by atoms with E-state index in [0.717, 1.165) is 12.8 Å². The highest BCUT2D eigenvalue weighted by Crippen LogP contribution is 1.80. The summed E-state index contributed by atoms with van der Waals surface area (Å²) in [6.07, 6.45) is 8.47. The van der Waals surface area contributed by atoms with Gasteiger partial charge in [0.2, 0.25) is 0 Å². The molecule has 0 aliphatic carbocycles. The zero-order chi connectivity index (χ0) is 6.24. The molecule has 0 rings (SSSR count). The molecule has 0 saturated heterocycles.